The molecule has 0 saturated carbocycles. The maximum atomic E-state index is 12.4. The molecule has 1 aromatic rings. The van der Waals surface area contributed by atoms with Gasteiger partial charge < -0.3 is 15.4 Å². The van der Waals surface area contributed by atoms with Crippen LogP contribution in [0.3, 0.4) is 0 Å². The van der Waals surface area contributed by atoms with E-state index in [4.69, 9.17) is 10.5 Å². The predicted molar refractivity (Wildman–Crippen MR) is 79.3 cm³/mol. The standard InChI is InChI=1S/C14H19BrN2O2/c1-10-4-5-12(11(15)9-10)17-7-8-19-13(14(17)18)3-2-6-16/h4-5,9,13H,2-3,6-8,16H2,1H3. The Bertz CT molecular complexity index is 465. The van der Waals surface area contributed by atoms with Gasteiger partial charge in [-0.15, -0.1) is 0 Å². The molecule has 0 radical (unpaired) electrons. The van der Waals surface area contributed by atoms with Crippen molar-refractivity contribution in [2.75, 3.05) is 24.6 Å². The lowest BCUT2D eigenvalue weighted by atomic mass is 10.1. The summed E-state index contributed by atoms with van der Waals surface area (Å²) in [7, 11) is 0. The number of carbonyl (C=O) groups excluding carboxylic acids is 1. The van der Waals surface area contributed by atoms with Crippen LogP contribution in [0.4, 0.5) is 5.69 Å². The molecule has 1 heterocycles. The molecule has 0 spiro atoms. The fourth-order valence-corrected chi connectivity index (χ4v) is 2.93. The first kappa shape index (κ1) is 14.5. The summed E-state index contributed by atoms with van der Waals surface area (Å²) in [5, 5.41) is 0. The van der Waals surface area contributed by atoms with Crippen molar-refractivity contribution in [1.82, 2.24) is 0 Å². The van der Waals surface area contributed by atoms with Crippen LogP contribution in [0.2, 0.25) is 0 Å². The molecule has 1 aliphatic heterocycles. The molecule has 1 fully saturated rings. The first-order valence-electron chi connectivity index (χ1n) is 6.52. The Morgan fingerprint density at radius 2 is 2.32 bits per heavy atom. The molecule has 4 nitrogen and oxygen atoms in total. The molecule has 2 rings (SSSR count). The lowest BCUT2D eigenvalue weighted by molar-refractivity contribution is -0.134. The van der Waals surface area contributed by atoms with E-state index in [2.05, 4.69) is 15.9 Å². The van der Waals surface area contributed by atoms with Gasteiger partial charge in [0.25, 0.3) is 5.91 Å². The molecular weight excluding hydrogens is 308 g/mol. The number of nitrogens with zero attached hydrogens (tertiary/aromatic N) is 1. The Hall–Kier alpha value is -0.910. The maximum Gasteiger partial charge on any atom is 0.256 e. The Morgan fingerprint density at radius 3 is 3.00 bits per heavy atom. The summed E-state index contributed by atoms with van der Waals surface area (Å²) in [6, 6.07) is 6.01. The maximum absolute atomic E-state index is 12.4. The van der Waals surface area contributed by atoms with Gasteiger partial charge in [0.05, 0.1) is 12.3 Å². The summed E-state index contributed by atoms with van der Waals surface area (Å²) in [4.78, 5) is 14.2. The van der Waals surface area contributed by atoms with Crippen molar-refractivity contribution >= 4 is 27.5 Å². The molecule has 5 heteroatoms. The normalized spacial score (nSPS) is 19.8. The van der Waals surface area contributed by atoms with Gasteiger partial charge in [-0.05, 0) is 59.9 Å². The summed E-state index contributed by atoms with van der Waals surface area (Å²) < 4.78 is 6.49. The van der Waals surface area contributed by atoms with E-state index in [1.165, 1.54) is 0 Å². The summed E-state index contributed by atoms with van der Waals surface area (Å²) in [6.45, 7) is 3.78. The number of carbonyl (C=O) groups is 1. The number of halogens is 1. The second-order valence-electron chi connectivity index (χ2n) is 4.74. The minimum Gasteiger partial charge on any atom is -0.367 e. The summed E-state index contributed by atoms with van der Waals surface area (Å²) in [5.41, 5.74) is 7.57. The van der Waals surface area contributed by atoms with Crippen molar-refractivity contribution in [3.05, 3.63) is 28.2 Å². The molecular formula is C14H19BrN2O2. The number of aryl methyl sites for hydroxylation is 1. The molecule has 1 aromatic carbocycles. The minimum atomic E-state index is -0.356. The number of amides is 1. The highest BCUT2D eigenvalue weighted by molar-refractivity contribution is 9.10. The quantitative estimate of drug-likeness (QED) is 0.923. The molecule has 19 heavy (non-hydrogen) atoms. The van der Waals surface area contributed by atoms with Gasteiger partial charge in [-0.25, -0.2) is 0 Å². The zero-order chi connectivity index (χ0) is 13.8. The molecule has 0 aromatic heterocycles. The van der Waals surface area contributed by atoms with Crippen LogP contribution >= 0.6 is 15.9 Å². The van der Waals surface area contributed by atoms with E-state index in [1.54, 1.807) is 4.90 Å². The zero-order valence-electron chi connectivity index (χ0n) is 11.1. The van der Waals surface area contributed by atoms with Gasteiger partial charge in [0, 0.05) is 11.0 Å². The lowest BCUT2D eigenvalue weighted by Gasteiger charge is -2.33. The van der Waals surface area contributed by atoms with Crippen molar-refractivity contribution in [1.29, 1.82) is 0 Å². The molecule has 0 aliphatic carbocycles. The lowest BCUT2D eigenvalue weighted by Crippen LogP contribution is -2.48. The topological polar surface area (TPSA) is 55.6 Å². The average molecular weight is 327 g/mol. The van der Waals surface area contributed by atoms with E-state index < -0.39 is 0 Å². The van der Waals surface area contributed by atoms with E-state index in [1.807, 2.05) is 25.1 Å². The van der Waals surface area contributed by atoms with Crippen LogP contribution in [0.15, 0.2) is 22.7 Å². The number of anilines is 1. The van der Waals surface area contributed by atoms with E-state index in [-0.39, 0.29) is 12.0 Å². The smallest absolute Gasteiger partial charge is 0.256 e. The van der Waals surface area contributed by atoms with Gasteiger partial charge in [-0.3, -0.25) is 4.79 Å². The zero-order valence-corrected chi connectivity index (χ0v) is 12.6. The van der Waals surface area contributed by atoms with Crippen LogP contribution < -0.4 is 10.6 Å². The first-order chi connectivity index (χ1) is 9.13. The summed E-state index contributed by atoms with van der Waals surface area (Å²) >= 11 is 3.53. The Labute approximate surface area is 122 Å². The third kappa shape index (κ3) is 3.35. The third-order valence-corrected chi connectivity index (χ3v) is 3.87. The summed E-state index contributed by atoms with van der Waals surface area (Å²) in [6.07, 6.45) is 1.14. The van der Waals surface area contributed by atoms with Crippen molar-refractivity contribution in [2.24, 2.45) is 5.73 Å². The monoisotopic (exact) mass is 326 g/mol. The fourth-order valence-electron chi connectivity index (χ4n) is 2.22. The van der Waals surface area contributed by atoms with Gasteiger partial charge >= 0.3 is 0 Å². The van der Waals surface area contributed by atoms with E-state index in [0.717, 1.165) is 22.1 Å². The van der Waals surface area contributed by atoms with Crippen LogP contribution in [-0.4, -0.2) is 31.7 Å². The van der Waals surface area contributed by atoms with Crippen LogP contribution in [-0.2, 0) is 9.53 Å². The molecule has 104 valence electrons. The molecule has 1 saturated heterocycles. The van der Waals surface area contributed by atoms with E-state index in [0.29, 0.717) is 26.1 Å². The first-order valence-corrected chi connectivity index (χ1v) is 7.32. The van der Waals surface area contributed by atoms with Crippen LogP contribution in [0.5, 0.6) is 0 Å². The van der Waals surface area contributed by atoms with Crippen LogP contribution in [0, 0.1) is 6.92 Å². The van der Waals surface area contributed by atoms with Crippen LogP contribution in [0.25, 0.3) is 0 Å². The van der Waals surface area contributed by atoms with Crippen molar-refractivity contribution in [2.45, 2.75) is 25.9 Å². The number of morpholine rings is 1. The van der Waals surface area contributed by atoms with Gasteiger partial charge in [-0.1, -0.05) is 6.07 Å². The number of rotatable bonds is 4. The van der Waals surface area contributed by atoms with Gasteiger partial charge in [0.2, 0.25) is 0 Å². The molecule has 0 bridgehead atoms. The highest BCUT2D eigenvalue weighted by Gasteiger charge is 2.30. The van der Waals surface area contributed by atoms with Crippen molar-refractivity contribution in [3.8, 4) is 0 Å². The SMILES string of the molecule is Cc1ccc(N2CCOC(CCCN)C2=O)c(Br)c1. The molecule has 1 amide bonds. The molecule has 1 aliphatic rings. The third-order valence-electron chi connectivity index (χ3n) is 3.24. The fraction of sp³-hybridized carbons (Fsp3) is 0.500. The highest BCUT2D eigenvalue weighted by atomic mass is 79.9. The number of ether oxygens (including phenoxy) is 1. The van der Waals surface area contributed by atoms with Crippen LogP contribution in [0.1, 0.15) is 18.4 Å². The number of benzene rings is 1. The largest absolute Gasteiger partial charge is 0.367 e. The second kappa shape index (κ2) is 6.50. The van der Waals surface area contributed by atoms with Gasteiger partial charge in [0.1, 0.15) is 6.10 Å². The average Bonchev–Trinajstić information content (AvgIpc) is 2.38. The molecule has 1 unspecified atom stereocenters. The molecule has 2 N–H and O–H groups in total. The number of nitrogens with two attached hydrogens (primary N) is 1. The van der Waals surface area contributed by atoms with Gasteiger partial charge in [-0.2, -0.15) is 0 Å². The Kier molecular flexibility index (Phi) is 4.96. The minimum absolute atomic E-state index is 0.0317. The van der Waals surface area contributed by atoms with E-state index >= 15 is 0 Å². The Morgan fingerprint density at radius 1 is 1.53 bits per heavy atom. The number of hydrogen-bond donors (Lipinski definition) is 1. The highest BCUT2D eigenvalue weighted by Crippen LogP contribution is 2.29. The Balaban J connectivity index is 2.17. The van der Waals surface area contributed by atoms with Crippen molar-refractivity contribution in [3.63, 3.8) is 0 Å². The second-order valence-corrected chi connectivity index (χ2v) is 5.59. The molecule has 1 atom stereocenters. The van der Waals surface area contributed by atoms with Gasteiger partial charge in [0.15, 0.2) is 0 Å². The van der Waals surface area contributed by atoms with E-state index in [9.17, 15) is 4.79 Å². The predicted octanol–water partition coefficient (Wildman–Crippen LogP) is 2.23. The summed E-state index contributed by atoms with van der Waals surface area (Å²) in [5.74, 6) is 0.0317. The number of hydrogen-bond acceptors (Lipinski definition) is 3. The van der Waals surface area contributed by atoms with Crippen molar-refractivity contribution < 1.29 is 9.53 Å².